The Hall–Kier alpha value is -0.340. The molecule has 1 heterocycles. The van der Waals surface area contributed by atoms with E-state index in [1.54, 1.807) is 0 Å². The summed E-state index contributed by atoms with van der Waals surface area (Å²) in [6.07, 6.45) is 11.5. The summed E-state index contributed by atoms with van der Waals surface area (Å²) in [4.78, 5) is 2.60. The Bertz CT molecular complexity index is 237. The lowest BCUT2D eigenvalue weighted by molar-refractivity contribution is 0.179. The molecule has 0 spiro atoms. The van der Waals surface area contributed by atoms with E-state index < -0.39 is 0 Å². The number of likely N-dealkylation sites (tertiary alicyclic amines) is 1. The average molecular weight is 236 g/mol. The first-order chi connectivity index (χ1) is 8.38. The summed E-state index contributed by atoms with van der Waals surface area (Å²) in [5.74, 6) is 1.79. The summed E-state index contributed by atoms with van der Waals surface area (Å²) in [5.41, 5.74) is 0. The van der Waals surface area contributed by atoms with Gasteiger partial charge in [-0.15, -0.1) is 0 Å². The highest BCUT2D eigenvalue weighted by molar-refractivity contribution is 4.90. The predicted molar refractivity (Wildman–Crippen MR) is 74.2 cm³/mol. The number of nitrogens with zero attached hydrogens (tertiary/aromatic N) is 1. The molecule has 0 aromatic heterocycles. The fourth-order valence-corrected chi connectivity index (χ4v) is 3.14. The quantitative estimate of drug-likeness (QED) is 0.738. The van der Waals surface area contributed by atoms with Gasteiger partial charge in [-0.05, 0) is 70.1 Å². The van der Waals surface area contributed by atoms with Crippen molar-refractivity contribution >= 4 is 0 Å². The lowest BCUT2D eigenvalue weighted by atomic mass is 9.93. The van der Waals surface area contributed by atoms with Gasteiger partial charge in [0.05, 0.1) is 0 Å². The van der Waals surface area contributed by atoms with Crippen molar-refractivity contribution in [2.24, 2.45) is 11.8 Å². The van der Waals surface area contributed by atoms with Crippen LogP contribution in [-0.2, 0) is 0 Å². The molecule has 1 fully saturated rings. The Labute approximate surface area is 106 Å². The van der Waals surface area contributed by atoms with E-state index in [2.05, 4.69) is 29.3 Å². The Morgan fingerprint density at radius 2 is 2.06 bits per heavy atom. The molecule has 0 amide bonds. The molecule has 2 aliphatic rings. The molecule has 0 aromatic carbocycles. The van der Waals surface area contributed by atoms with E-state index in [1.165, 1.54) is 64.8 Å². The lowest BCUT2D eigenvalue weighted by Crippen LogP contribution is -2.40. The molecule has 17 heavy (non-hydrogen) atoms. The number of rotatable bonds is 5. The zero-order chi connectivity index (χ0) is 11.9. The molecule has 0 bridgehead atoms. The molecule has 2 heteroatoms. The molecule has 98 valence electrons. The van der Waals surface area contributed by atoms with Crippen LogP contribution in [0.3, 0.4) is 0 Å². The van der Waals surface area contributed by atoms with Gasteiger partial charge < -0.3 is 10.2 Å². The zero-order valence-electron chi connectivity index (χ0n) is 11.3. The smallest absolute Gasteiger partial charge is 0.00217 e. The van der Waals surface area contributed by atoms with Crippen molar-refractivity contribution in [3.05, 3.63) is 12.2 Å². The lowest BCUT2D eigenvalue weighted by Gasteiger charge is -2.32. The van der Waals surface area contributed by atoms with E-state index in [-0.39, 0.29) is 0 Å². The SMILES string of the molecule is CCN1CCC[C@@H](CNC[C@@H]2CC=CCC2)C1. The van der Waals surface area contributed by atoms with Crippen LogP contribution < -0.4 is 5.32 Å². The average Bonchev–Trinajstić information content (AvgIpc) is 2.40. The van der Waals surface area contributed by atoms with Gasteiger partial charge in [0.15, 0.2) is 0 Å². The van der Waals surface area contributed by atoms with E-state index in [1.807, 2.05) is 0 Å². The monoisotopic (exact) mass is 236 g/mol. The van der Waals surface area contributed by atoms with Crippen molar-refractivity contribution < 1.29 is 0 Å². The van der Waals surface area contributed by atoms with Crippen LogP contribution in [0, 0.1) is 11.8 Å². The zero-order valence-corrected chi connectivity index (χ0v) is 11.3. The Morgan fingerprint density at radius 3 is 2.82 bits per heavy atom. The molecule has 2 rings (SSSR count). The molecule has 1 aliphatic carbocycles. The normalized spacial score (nSPS) is 30.6. The van der Waals surface area contributed by atoms with Crippen LogP contribution in [0.15, 0.2) is 12.2 Å². The second-order valence-electron chi connectivity index (χ2n) is 5.71. The van der Waals surface area contributed by atoms with Crippen molar-refractivity contribution in [1.29, 1.82) is 0 Å². The number of nitrogens with one attached hydrogen (secondary N) is 1. The van der Waals surface area contributed by atoms with E-state index in [0.29, 0.717) is 0 Å². The highest BCUT2D eigenvalue weighted by Gasteiger charge is 2.18. The first-order valence-corrected chi connectivity index (χ1v) is 7.46. The van der Waals surface area contributed by atoms with Gasteiger partial charge in [-0.1, -0.05) is 19.1 Å². The van der Waals surface area contributed by atoms with Gasteiger partial charge in [0, 0.05) is 6.54 Å². The van der Waals surface area contributed by atoms with E-state index in [4.69, 9.17) is 0 Å². The minimum Gasteiger partial charge on any atom is -0.316 e. The Morgan fingerprint density at radius 1 is 1.18 bits per heavy atom. The largest absolute Gasteiger partial charge is 0.316 e. The third-order valence-corrected chi connectivity index (χ3v) is 4.29. The minimum atomic E-state index is 0.892. The minimum absolute atomic E-state index is 0.892. The maximum atomic E-state index is 3.71. The molecule has 1 saturated heterocycles. The molecule has 1 N–H and O–H groups in total. The van der Waals surface area contributed by atoms with E-state index in [9.17, 15) is 0 Å². The first kappa shape index (κ1) is 13.1. The molecule has 0 saturated carbocycles. The van der Waals surface area contributed by atoms with Gasteiger partial charge in [-0.25, -0.2) is 0 Å². The van der Waals surface area contributed by atoms with Gasteiger partial charge in [-0.2, -0.15) is 0 Å². The maximum Gasteiger partial charge on any atom is 0.00217 e. The van der Waals surface area contributed by atoms with Crippen molar-refractivity contribution in [2.45, 2.75) is 39.0 Å². The summed E-state index contributed by atoms with van der Waals surface area (Å²) >= 11 is 0. The van der Waals surface area contributed by atoms with Crippen LogP contribution in [0.5, 0.6) is 0 Å². The third-order valence-electron chi connectivity index (χ3n) is 4.29. The Kier molecular flexibility index (Phi) is 5.53. The van der Waals surface area contributed by atoms with Crippen LogP contribution in [-0.4, -0.2) is 37.6 Å². The van der Waals surface area contributed by atoms with Crippen LogP contribution in [0.2, 0.25) is 0 Å². The number of allylic oxidation sites excluding steroid dienone is 2. The summed E-state index contributed by atoms with van der Waals surface area (Å²) in [7, 11) is 0. The van der Waals surface area contributed by atoms with Gasteiger partial charge in [0.2, 0.25) is 0 Å². The predicted octanol–water partition coefficient (Wildman–Crippen LogP) is 2.66. The molecular formula is C15H28N2. The molecule has 1 aliphatic heterocycles. The summed E-state index contributed by atoms with van der Waals surface area (Å²) in [6.45, 7) is 8.60. The topological polar surface area (TPSA) is 15.3 Å². The van der Waals surface area contributed by atoms with Gasteiger partial charge in [0.1, 0.15) is 0 Å². The third kappa shape index (κ3) is 4.44. The number of hydrogen-bond acceptors (Lipinski definition) is 2. The van der Waals surface area contributed by atoms with Gasteiger partial charge in [-0.3, -0.25) is 0 Å². The van der Waals surface area contributed by atoms with Gasteiger partial charge in [0.25, 0.3) is 0 Å². The van der Waals surface area contributed by atoms with Crippen LogP contribution in [0.25, 0.3) is 0 Å². The summed E-state index contributed by atoms with van der Waals surface area (Å²) < 4.78 is 0. The summed E-state index contributed by atoms with van der Waals surface area (Å²) in [5, 5.41) is 3.71. The molecule has 0 unspecified atom stereocenters. The van der Waals surface area contributed by atoms with Gasteiger partial charge >= 0.3 is 0 Å². The highest BCUT2D eigenvalue weighted by atomic mass is 15.1. The van der Waals surface area contributed by atoms with Crippen LogP contribution in [0.4, 0.5) is 0 Å². The van der Waals surface area contributed by atoms with Crippen molar-refractivity contribution in [2.75, 3.05) is 32.7 Å². The molecule has 2 atom stereocenters. The second-order valence-corrected chi connectivity index (χ2v) is 5.71. The first-order valence-electron chi connectivity index (χ1n) is 7.46. The van der Waals surface area contributed by atoms with E-state index in [0.717, 1.165) is 11.8 Å². The van der Waals surface area contributed by atoms with Crippen molar-refractivity contribution in [1.82, 2.24) is 10.2 Å². The van der Waals surface area contributed by atoms with Crippen molar-refractivity contribution in [3.8, 4) is 0 Å². The molecule has 0 radical (unpaired) electrons. The van der Waals surface area contributed by atoms with E-state index >= 15 is 0 Å². The highest BCUT2D eigenvalue weighted by Crippen LogP contribution is 2.18. The fraction of sp³-hybridized carbons (Fsp3) is 0.867. The maximum absolute atomic E-state index is 3.71. The Balaban J connectivity index is 1.59. The fourth-order valence-electron chi connectivity index (χ4n) is 3.14. The molecule has 0 aromatic rings. The standard InChI is InChI=1S/C15H28N2/c1-2-17-10-6-9-15(13-17)12-16-11-14-7-4-3-5-8-14/h3-4,14-16H,2,5-13H2,1H3/t14-,15+/m1/s1. The van der Waals surface area contributed by atoms with Crippen LogP contribution >= 0.6 is 0 Å². The summed E-state index contributed by atoms with van der Waals surface area (Å²) in [6, 6.07) is 0. The van der Waals surface area contributed by atoms with Crippen molar-refractivity contribution in [3.63, 3.8) is 0 Å². The molecule has 2 nitrogen and oxygen atoms in total. The number of piperidine rings is 1. The molecular weight excluding hydrogens is 208 g/mol. The van der Waals surface area contributed by atoms with Crippen LogP contribution in [0.1, 0.15) is 39.0 Å². The second kappa shape index (κ2) is 7.17. The number of hydrogen-bond donors (Lipinski definition) is 1.